The van der Waals surface area contributed by atoms with Gasteiger partial charge in [0, 0.05) is 12.8 Å². The summed E-state index contributed by atoms with van der Waals surface area (Å²) in [6, 6.07) is -0.856. The lowest BCUT2D eigenvalue weighted by Gasteiger charge is -2.18. The Hall–Kier alpha value is -2.41. The van der Waals surface area contributed by atoms with E-state index >= 15 is 0 Å². The van der Waals surface area contributed by atoms with Crippen molar-refractivity contribution < 1.29 is 24.2 Å². The molecule has 2 unspecified atom stereocenters. The molecule has 54 heavy (non-hydrogen) atoms. The molecule has 0 rings (SSSR count). The second kappa shape index (κ2) is 41.7. The summed E-state index contributed by atoms with van der Waals surface area (Å²) >= 11 is 0. The molecule has 2 atom stereocenters. The third kappa shape index (κ3) is 37.9. The lowest BCUT2D eigenvalue weighted by Crippen LogP contribution is -2.40. The Morgan fingerprint density at radius 1 is 0.537 bits per heavy atom. The molecule has 0 aromatic rings. The number of esters is 1. The molecule has 0 saturated heterocycles. The molecule has 0 aliphatic rings. The van der Waals surface area contributed by atoms with Gasteiger partial charge in [-0.3, -0.25) is 9.59 Å². The maximum Gasteiger partial charge on any atom is 0.326 e. The molecule has 0 spiro atoms. The lowest BCUT2D eigenvalue weighted by molar-refractivity contribution is -0.150. The van der Waals surface area contributed by atoms with Gasteiger partial charge in [0.05, 0.1) is 0 Å². The minimum atomic E-state index is -1.00. The highest BCUT2D eigenvalue weighted by Crippen LogP contribution is 2.19. The number of carboxylic acid groups (broad SMARTS) is 1. The van der Waals surface area contributed by atoms with E-state index in [1.54, 1.807) is 0 Å². The van der Waals surface area contributed by atoms with E-state index in [2.05, 4.69) is 55.6 Å². The molecule has 0 heterocycles. The molecule has 4 N–H and O–H groups in total. The second-order valence-corrected chi connectivity index (χ2v) is 15.5. The minimum absolute atomic E-state index is 0.00927. The van der Waals surface area contributed by atoms with E-state index in [0.29, 0.717) is 32.2 Å². The predicted octanol–water partition coefficient (Wildman–Crippen LogP) is 13.0. The van der Waals surface area contributed by atoms with Crippen molar-refractivity contribution in [1.82, 2.24) is 5.32 Å². The first-order valence-corrected chi connectivity index (χ1v) is 22.8. The summed E-state index contributed by atoms with van der Waals surface area (Å²) in [6.07, 6.45) is 49.0. The van der Waals surface area contributed by atoms with Gasteiger partial charge in [0.25, 0.3) is 0 Å². The lowest BCUT2D eigenvalue weighted by atomic mass is 10.0. The van der Waals surface area contributed by atoms with Gasteiger partial charge < -0.3 is 20.9 Å². The van der Waals surface area contributed by atoms with Crippen LogP contribution in [0.25, 0.3) is 0 Å². The third-order valence-electron chi connectivity index (χ3n) is 10.2. The number of hydrogen-bond donors (Lipinski definition) is 3. The summed E-state index contributed by atoms with van der Waals surface area (Å²) < 4.78 is 6.04. The standard InChI is InChI=1S/C47H86N2O5/c1-3-5-7-9-11-13-14-15-16-17-18-19-20-21-22-24-26-31-35-41-46(51)54-43(37-32-28-25-23-12-10-8-6-4-2)38-33-29-27-30-34-40-45(50)49-44(47(52)53)39-36-42-48/h11,13,15-16,18-19,43-44H,3-10,12,14,17,20-42,48H2,1-2H3,(H,49,50)(H,52,53)/b13-11-,16-15-,19-18-. The van der Waals surface area contributed by atoms with Crippen molar-refractivity contribution in [2.75, 3.05) is 6.54 Å². The summed E-state index contributed by atoms with van der Waals surface area (Å²) in [6.45, 7) is 4.92. The minimum Gasteiger partial charge on any atom is -0.480 e. The molecule has 0 aliphatic heterocycles. The number of nitrogens with two attached hydrogens (primary N) is 1. The van der Waals surface area contributed by atoms with Crippen LogP contribution in [-0.4, -0.2) is 41.6 Å². The van der Waals surface area contributed by atoms with Gasteiger partial charge in [-0.1, -0.05) is 159 Å². The van der Waals surface area contributed by atoms with Gasteiger partial charge in [-0.25, -0.2) is 4.79 Å². The summed E-state index contributed by atoms with van der Waals surface area (Å²) in [4.78, 5) is 36.4. The van der Waals surface area contributed by atoms with Gasteiger partial charge in [-0.05, 0) is 96.4 Å². The fourth-order valence-electron chi connectivity index (χ4n) is 6.75. The van der Waals surface area contributed by atoms with Crippen LogP contribution in [0.4, 0.5) is 0 Å². The first kappa shape index (κ1) is 51.6. The quantitative estimate of drug-likeness (QED) is 0.0324. The van der Waals surface area contributed by atoms with Crippen LogP contribution in [-0.2, 0) is 19.1 Å². The maximum absolute atomic E-state index is 12.8. The van der Waals surface area contributed by atoms with Crippen LogP contribution in [0.15, 0.2) is 36.5 Å². The van der Waals surface area contributed by atoms with Gasteiger partial charge >= 0.3 is 11.9 Å². The SMILES string of the molecule is CCCCC/C=C\C/C=C\C/C=C\CCCCCCCCC(=O)OC(CCCCCCCCCCC)CCCCCCCC(=O)NC(CCCN)C(=O)O. The van der Waals surface area contributed by atoms with E-state index in [4.69, 9.17) is 10.5 Å². The Labute approximate surface area is 333 Å². The molecule has 0 bridgehead atoms. The van der Waals surface area contributed by atoms with Gasteiger partial charge in [-0.2, -0.15) is 0 Å². The number of carbonyl (C=O) groups excluding carboxylic acids is 2. The van der Waals surface area contributed by atoms with Crippen molar-refractivity contribution in [3.63, 3.8) is 0 Å². The maximum atomic E-state index is 12.8. The summed E-state index contributed by atoms with van der Waals surface area (Å²) in [5.41, 5.74) is 5.48. The topological polar surface area (TPSA) is 119 Å². The van der Waals surface area contributed by atoms with Crippen LogP contribution in [0.1, 0.15) is 226 Å². The van der Waals surface area contributed by atoms with Crippen LogP contribution < -0.4 is 11.1 Å². The summed E-state index contributed by atoms with van der Waals surface area (Å²) in [5, 5.41) is 11.9. The average molecular weight is 759 g/mol. The van der Waals surface area contributed by atoms with Crippen LogP contribution in [0.5, 0.6) is 0 Å². The Bertz CT molecular complexity index is 946. The number of carbonyl (C=O) groups is 3. The van der Waals surface area contributed by atoms with Crippen LogP contribution in [0.3, 0.4) is 0 Å². The molecule has 0 aliphatic carbocycles. The molecule has 7 nitrogen and oxygen atoms in total. The number of unbranched alkanes of at least 4 members (excludes halogenated alkanes) is 21. The zero-order valence-electron chi connectivity index (χ0n) is 35.3. The van der Waals surface area contributed by atoms with E-state index in [9.17, 15) is 19.5 Å². The molecule has 1 amide bonds. The van der Waals surface area contributed by atoms with Crippen LogP contribution in [0, 0.1) is 0 Å². The van der Waals surface area contributed by atoms with E-state index in [-0.39, 0.29) is 18.0 Å². The van der Waals surface area contributed by atoms with Crippen molar-refractivity contribution in [3.8, 4) is 0 Å². The fourth-order valence-corrected chi connectivity index (χ4v) is 6.75. The third-order valence-corrected chi connectivity index (χ3v) is 10.2. The molecular formula is C47H86N2O5. The highest BCUT2D eigenvalue weighted by Gasteiger charge is 2.19. The number of ether oxygens (including phenoxy) is 1. The number of hydrogen-bond acceptors (Lipinski definition) is 5. The van der Waals surface area contributed by atoms with Crippen LogP contribution in [0.2, 0.25) is 0 Å². The van der Waals surface area contributed by atoms with Crippen molar-refractivity contribution >= 4 is 17.8 Å². The normalized spacial score (nSPS) is 12.9. The van der Waals surface area contributed by atoms with Gasteiger partial charge in [0.15, 0.2) is 0 Å². The second-order valence-electron chi connectivity index (χ2n) is 15.5. The van der Waals surface area contributed by atoms with E-state index in [1.807, 2.05) is 0 Å². The van der Waals surface area contributed by atoms with Gasteiger partial charge in [-0.15, -0.1) is 0 Å². The van der Waals surface area contributed by atoms with Crippen molar-refractivity contribution in [2.45, 2.75) is 238 Å². The van der Waals surface area contributed by atoms with Crippen molar-refractivity contribution in [3.05, 3.63) is 36.5 Å². The highest BCUT2D eigenvalue weighted by atomic mass is 16.5. The van der Waals surface area contributed by atoms with Crippen LogP contribution >= 0.6 is 0 Å². The molecule has 0 radical (unpaired) electrons. The van der Waals surface area contributed by atoms with E-state index < -0.39 is 12.0 Å². The van der Waals surface area contributed by atoms with Crippen molar-refractivity contribution in [2.24, 2.45) is 5.73 Å². The predicted molar refractivity (Wildman–Crippen MR) is 230 cm³/mol. The smallest absolute Gasteiger partial charge is 0.326 e. The zero-order valence-corrected chi connectivity index (χ0v) is 35.3. The monoisotopic (exact) mass is 759 g/mol. The fraction of sp³-hybridized carbons (Fsp3) is 0.809. The van der Waals surface area contributed by atoms with E-state index in [0.717, 1.165) is 83.5 Å². The highest BCUT2D eigenvalue weighted by molar-refractivity contribution is 5.83. The summed E-state index contributed by atoms with van der Waals surface area (Å²) in [7, 11) is 0. The van der Waals surface area contributed by atoms with Gasteiger partial charge in [0.2, 0.25) is 5.91 Å². The number of amides is 1. The average Bonchev–Trinajstić information content (AvgIpc) is 3.16. The Balaban J connectivity index is 4.23. The number of carboxylic acids is 1. The molecule has 0 fully saturated rings. The number of aliphatic carboxylic acids is 1. The molecule has 0 saturated carbocycles. The largest absolute Gasteiger partial charge is 0.480 e. The molecule has 0 aromatic carbocycles. The first-order valence-electron chi connectivity index (χ1n) is 22.8. The molecule has 0 aromatic heterocycles. The molecular weight excluding hydrogens is 673 g/mol. The number of nitrogens with one attached hydrogen (secondary N) is 1. The number of allylic oxidation sites excluding steroid dienone is 6. The Morgan fingerprint density at radius 3 is 1.48 bits per heavy atom. The molecule has 314 valence electrons. The molecule has 7 heteroatoms. The van der Waals surface area contributed by atoms with Crippen molar-refractivity contribution in [1.29, 1.82) is 0 Å². The first-order chi connectivity index (χ1) is 26.4. The zero-order chi connectivity index (χ0) is 39.6. The van der Waals surface area contributed by atoms with E-state index in [1.165, 1.54) is 103 Å². The summed E-state index contributed by atoms with van der Waals surface area (Å²) in [5.74, 6) is -1.24. The Kier molecular flexibility index (Phi) is 39.9. The Morgan fingerprint density at radius 2 is 0.963 bits per heavy atom. The van der Waals surface area contributed by atoms with Gasteiger partial charge in [0.1, 0.15) is 12.1 Å². The number of rotatable bonds is 41.